The van der Waals surface area contributed by atoms with E-state index >= 15 is 0 Å². The lowest BCUT2D eigenvalue weighted by molar-refractivity contribution is -0.129. The number of nitrogens with one attached hydrogen (secondary N) is 2. The van der Waals surface area contributed by atoms with E-state index in [-0.39, 0.29) is 18.1 Å². The van der Waals surface area contributed by atoms with Crippen molar-refractivity contribution in [2.24, 2.45) is 5.41 Å². The molecule has 2 aliphatic rings. The van der Waals surface area contributed by atoms with Gasteiger partial charge in [0.15, 0.2) is 0 Å². The highest BCUT2D eigenvalue weighted by atomic mass is 16.5. The third kappa shape index (κ3) is 2.55. The van der Waals surface area contributed by atoms with Crippen molar-refractivity contribution in [2.75, 3.05) is 19.7 Å². The average molecular weight is 226 g/mol. The largest absolute Gasteiger partial charge is 0.375 e. The predicted molar refractivity (Wildman–Crippen MR) is 62.2 cm³/mol. The van der Waals surface area contributed by atoms with Crippen LogP contribution in [0.4, 0.5) is 0 Å². The van der Waals surface area contributed by atoms with Crippen LogP contribution in [-0.4, -0.2) is 37.7 Å². The van der Waals surface area contributed by atoms with Gasteiger partial charge in [-0.25, -0.2) is 0 Å². The Labute approximate surface area is 97.1 Å². The van der Waals surface area contributed by atoms with Crippen molar-refractivity contribution in [1.29, 1.82) is 0 Å². The lowest BCUT2D eigenvalue weighted by Crippen LogP contribution is -2.56. The molecular formula is C12H22N2O2. The van der Waals surface area contributed by atoms with Crippen LogP contribution in [0, 0.1) is 5.41 Å². The molecule has 2 N–H and O–H groups in total. The van der Waals surface area contributed by atoms with E-state index in [1.807, 2.05) is 6.92 Å². The van der Waals surface area contributed by atoms with Crippen LogP contribution >= 0.6 is 0 Å². The molecule has 1 amide bonds. The quantitative estimate of drug-likeness (QED) is 0.741. The zero-order valence-electron chi connectivity index (χ0n) is 10.2. The van der Waals surface area contributed by atoms with Crippen molar-refractivity contribution >= 4 is 5.91 Å². The fourth-order valence-corrected chi connectivity index (χ4v) is 2.24. The van der Waals surface area contributed by atoms with Gasteiger partial charge in [-0.15, -0.1) is 0 Å². The van der Waals surface area contributed by atoms with Gasteiger partial charge in [0, 0.05) is 13.1 Å². The lowest BCUT2D eigenvalue weighted by atomic mass is 10.0. The second kappa shape index (κ2) is 4.72. The molecule has 1 aliphatic heterocycles. The molecule has 0 spiro atoms. The van der Waals surface area contributed by atoms with Crippen molar-refractivity contribution in [3.8, 4) is 0 Å². The number of ether oxygens (including phenoxy) is 1. The van der Waals surface area contributed by atoms with Gasteiger partial charge in [-0.2, -0.15) is 0 Å². The maximum absolute atomic E-state index is 11.9. The van der Waals surface area contributed by atoms with E-state index in [2.05, 4.69) is 17.6 Å². The first-order valence-electron chi connectivity index (χ1n) is 6.29. The minimum atomic E-state index is -0.179. The molecule has 4 nitrogen and oxygen atoms in total. The van der Waals surface area contributed by atoms with Crippen LogP contribution in [0.25, 0.3) is 0 Å². The monoisotopic (exact) mass is 226 g/mol. The topological polar surface area (TPSA) is 50.4 Å². The average Bonchev–Trinajstić information content (AvgIpc) is 3.07. The van der Waals surface area contributed by atoms with Crippen LogP contribution in [0.5, 0.6) is 0 Å². The molecule has 0 unspecified atom stereocenters. The van der Waals surface area contributed by atoms with E-state index in [4.69, 9.17) is 4.74 Å². The molecule has 0 aromatic heterocycles. The van der Waals surface area contributed by atoms with Gasteiger partial charge in [0.25, 0.3) is 0 Å². The Morgan fingerprint density at radius 2 is 2.31 bits per heavy atom. The fourth-order valence-electron chi connectivity index (χ4n) is 2.24. The van der Waals surface area contributed by atoms with Crippen molar-refractivity contribution < 1.29 is 9.53 Å². The zero-order valence-corrected chi connectivity index (χ0v) is 10.2. The summed E-state index contributed by atoms with van der Waals surface area (Å²) >= 11 is 0. The normalized spacial score (nSPS) is 32.1. The lowest BCUT2D eigenvalue weighted by Gasteiger charge is -2.29. The number of morpholine rings is 1. The van der Waals surface area contributed by atoms with E-state index in [0.29, 0.717) is 12.0 Å². The van der Waals surface area contributed by atoms with Crippen LogP contribution in [0.15, 0.2) is 0 Å². The molecule has 4 heteroatoms. The summed E-state index contributed by atoms with van der Waals surface area (Å²) in [7, 11) is 0. The van der Waals surface area contributed by atoms with Crippen molar-refractivity contribution in [3.05, 3.63) is 0 Å². The first kappa shape index (κ1) is 11.9. The molecule has 1 aliphatic carbocycles. The molecule has 1 heterocycles. The van der Waals surface area contributed by atoms with Gasteiger partial charge in [0.05, 0.1) is 12.7 Å². The van der Waals surface area contributed by atoms with Gasteiger partial charge in [-0.05, 0) is 31.6 Å². The highest BCUT2D eigenvalue weighted by molar-refractivity contribution is 5.82. The van der Waals surface area contributed by atoms with Gasteiger partial charge < -0.3 is 15.4 Å². The Kier molecular flexibility index (Phi) is 3.50. The Morgan fingerprint density at radius 1 is 1.56 bits per heavy atom. The summed E-state index contributed by atoms with van der Waals surface area (Å²) in [6, 6.07) is -0.179. The number of amides is 1. The van der Waals surface area contributed by atoms with Crippen molar-refractivity contribution in [2.45, 2.75) is 45.3 Å². The fraction of sp³-hybridized carbons (Fsp3) is 0.917. The maximum atomic E-state index is 11.9. The third-order valence-electron chi connectivity index (χ3n) is 3.94. The highest BCUT2D eigenvalue weighted by Gasteiger charge is 2.41. The minimum absolute atomic E-state index is 0.0227. The van der Waals surface area contributed by atoms with E-state index in [0.717, 1.165) is 19.5 Å². The molecule has 1 saturated heterocycles. The Morgan fingerprint density at radius 3 is 2.88 bits per heavy atom. The number of hydrogen-bond donors (Lipinski definition) is 2. The first-order chi connectivity index (χ1) is 7.67. The molecule has 0 radical (unpaired) electrons. The Balaban J connectivity index is 1.78. The van der Waals surface area contributed by atoms with Crippen LogP contribution in [0.2, 0.25) is 0 Å². The minimum Gasteiger partial charge on any atom is -0.375 e. The highest BCUT2D eigenvalue weighted by Crippen LogP contribution is 2.47. The van der Waals surface area contributed by atoms with E-state index < -0.39 is 0 Å². The summed E-state index contributed by atoms with van der Waals surface area (Å²) in [5, 5.41) is 6.26. The molecule has 92 valence electrons. The van der Waals surface area contributed by atoms with Gasteiger partial charge in [-0.1, -0.05) is 6.92 Å². The van der Waals surface area contributed by atoms with Gasteiger partial charge in [0.2, 0.25) is 5.91 Å². The Hall–Kier alpha value is -0.610. The van der Waals surface area contributed by atoms with Gasteiger partial charge >= 0.3 is 0 Å². The van der Waals surface area contributed by atoms with Crippen LogP contribution in [0.3, 0.4) is 0 Å². The van der Waals surface area contributed by atoms with E-state index in [1.165, 1.54) is 12.8 Å². The first-order valence-corrected chi connectivity index (χ1v) is 6.29. The number of hydrogen-bond acceptors (Lipinski definition) is 3. The number of carbonyl (C=O) groups is 1. The molecular weight excluding hydrogens is 204 g/mol. The maximum Gasteiger partial charge on any atom is 0.239 e. The van der Waals surface area contributed by atoms with Crippen molar-refractivity contribution in [3.63, 3.8) is 0 Å². The van der Waals surface area contributed by atoms with Crippen molar-refractivity contribution in [1.82, 2.24) is 10.6 Å². The molecule has 0 aromatic carbocycles. The Bertz CT molecular complexity index is 264. The summed E-state index contributed by atoms with van der Waals surface area (Å²) < 4.78 is 5.46. The summed E-state index contributed by atoms with van der Waals surface area (Å²) in [5.41, 5.74) is 0.411. The standard InChI is InChI=1S/C12H22N2O2/c1-3-12(4-5-12)8-14-11(15)10-9(2)16-7-6-13-10/h9-10,13H,3-8H2,1-2H3,(H,14,15)/t9-,10+/m1/s1. The van der Waals surface area contributed by atoms with E-state index in [9.17, 15) is 4.79 Å². The summed E-state index contributed by atoms with van der Waals surface area (Å²) in [4.78, 5) is 11.9. The molecule has 2 atom stereocenters. The summed E-state index contributed by atoms with van der Waals surface area (Å²) in [6.45, 7) is 6.44. The van der Waals surface area contributed by atoms with Gasteiger partial charge in [-0.3, -0.25) is 4.79 Å². The number of rotatable bonds is 4. The summed E-state index contributed by atoms with van der Waals surface area (Å²) in [6.07, 6.45) is 3.66. The molecule has 0 aromatic rings. The van der Waals surface area contributed by atoms with Crippen LogP contribution < -0.4 is 10.6 Å². The zero-order chi connectivity index (χ0) is 11.6. The van der Waals surface area contributed by atoms with Crippen LogP contribution in [-0.2, 0) is 9.53 Å². The molecule has 2 rings (SSSR count). The second-order valence-corrected chi connectivity index (χ2v) is 5.08. The van der Waals surface area contributed by atoms with E-state index in [1.54, 1.807) is 0 Å². The van der Waals surface area contributed by atoms with Gasteiger partial charge in [0.1, 0.15) is 6.04 Å². The number of carbonyl (C=O) groups excluding carboxylic acids is 1. The molecule has 2 fully saturated rings. The second-order valence-electron chi connectivity index (χ2n) is 5.08. The molecule has 1 saturated carbocycles. The predicted octanol–water partition coefficient (Wildman–Crippen LogP) is 0.670. The smallest absolute Gasteiger partial charge is 0.239 e. The molecule has 16 heavy (non-hydrogen) atoms. The molecule has 0 bridgehead atoms. The summed E-state index contributed by atoms with van der Waals surface area (Å²) in [5.74, 6) is 0.0897. The third-order valence-corrected chi connectivity index (χ3v) is 3.94. The SMILES string of the molecule is CCC1(CNC(=O)[C@H]2NCCO[C@@H]2C)CC1. The van der Waals surface area contributed by atoms with Crippen LogP contribution in [0.1, 0.15) is 33.1 Å².